The summed E-state index contributed by atoms with van der Waals surface area (Å²) in [6.07, 6.45) is 4.34. The lowest BCUT2D eigenvalue weighted by molar-refractivity contribution is -0.136. The topological polar surface area (TPSA) is 138 Å². The predicted molar refractivity (Wildman–Crippen MR) is 109 cm³/mol. The molecule has 0 fully saturated rings. The molecule has 2 aromatic carbocycles. The van der Waals surface area contributed by atoms with Crippen LogP contribution in [0.15, 0.2) is 42.5 Å². The van der Waals surface area contributed by atoms with Gasteiger partial charge < -0.3 is 20.5 Å². The summed E-state index contributed by atoms with van der Waals surface area (Å²) in [5, 5.41) is 18.9. The highest BCUT2D eigenvalue weighted by molar-refractivity contribution is 5.94. The number of amidine groups is 1. The predicted octanol–water partition coefficient (Wildman–Crippen LogP) is 2.71. The van der Waals surface area contributed by atoms with Gasteiger partial charge in [0, 0.05) is 23.6 Å². The average Bonchev–Trinajstić information content (AvgIpc) is 2.71. The molecule has 0 aliphatic carbocycles. The Labute approximate surface area is 174 Å². The zero-order chi connectivity index (χ0) is 21.5. The van der Waals surface area contributed by atoms with Crippen LogP contribution in [-0.4, -0.2) is 17.7 Å². The van der Waals surface area contributed by atoms with E-state index in [9.17, 15) is 9.59 Å². The van der Waals surface area contributed by atoms with Crippen molar-refractivity contribution in [1.29, 1.82) is 10.7 Å². The number of nitrogens with two attached hydrogens (primary N) is 1. The van der Waals surface area contributed by atoms with Gasteiger partial charge in [0.15, 0.2) is 0 Å². The number of esters is 1. The number of carbonyl (C=O) groups is 2. The van der Waals surface area contributed by atoms with Crippen LogP contribution in [0.1, 0.15) is 48.4 Å². The lowest BCUT2D eigenvalue weighted by atomic mass is 9.99. The molecule has 0 saturated carbocycles. The van der Waals surface area contributed by atoms with Crippen LogP contribution in [0, 0.1) is 16.9 Å². The summed E-state index contributed by atoms with van der Waals surface area (Å²) >= 11 is 0. The molecule has 1 aliphatic heterocycles. The van der Waals surface area contributed by atoms with Crippen LogP contribution >= 0.6 is 0 Å². The Bertz CT molecular complexity index is 995. The second-order valence-electron chi connectivity index (χ2n) is 7.01. The van der Waals surface area contributed by atoms with Gasteiger partial charge in [-0.2, -0.15) is 0 Å². The molecule has 4 N–H and O–H groups in total. The van der Waals surface area contributed by atoms with Crippen molar-refractivity contribution in [2.45, 2.75) is 38.1 Å². The van der Waals surface area contributed by atoms with Gasteiger partial charge in [0.2, 0.25) is 5.91 Å². The molecule has 8 nitrogen and oxygen atoms in total. The van der Waals surface area contributed by atoms with Gasteiger partial charge in [0.25, 0.3) is 6.26 Å². The third kappa shape index (κ3) is 5.35. The molecule has 8 heteroatoms. The molecule has 1 aliphatic rings. The molecule has 1 unspecified atom stereocenters. The first kappa shape index (κ1) is 20.9. The van der Waals surface area contributed by atoms with Gasteiger partial charge in [-0.25, -0.2) is 0 Å². The fourth-order valence-electron chi connectivity index (χ4n) is 3.31. The first-order valence-corrected chi connectivity index (χ1v) is 9.59. The number of nitriles is 1. The van der Waals surface area contributed by atoms with Gasteiger partial charge in [-0.1, -0.05) is 24.3 Å². The summed E-state index contributed by atoms with van der Waals surface area (Å²) in [5.41, 5.74) is 7.94. The number of hydrogen-bond acceptors (Lipinski definition) is 6. The molecule has 0 aromatic heterocycles. The van der Waals surface area contributed by atoms with Crippen LogP contribution in [0.25, 0.3) is 0 Å². The molecule has 3 rings (SSSR count). The second-order valence-corrected chi connectivity index (χ2v) is 7.01. The Morgan fingerprint density at radius 3 is 2.73 bits per heavy atom. The van der Waals surface area contributed by atoms with Gasteiger partial charge in [0.05, 0.1) is 12.5 Å². The minimum absolute atomic E-state index is 0.0419. The average molecular weight is 406 g/mol. The number of nitrogens with zero attached hydrogens (tertiary/aromatic N) is 1. The van der Waals surface area contributed by atoms with E-state index in [-0.39, 0.29) is 23.9 Å². The number of rotatable bonds is 8. The van der Waals surface area contributed by atoms with Gasteiger partial charge in [-0.15, -0.1) is 5.26 Å². The van der Waals surface area contributed by atoms with E-state index in [1.165, 1.54) is 6.07 Å². The van der Waals surface area contributed by atoms with E-state index in [0.29, 0.717) is 29.7 Å². The number of carbonyl (C=O) groups excluding carboxylic acids is 2. The first-order chi connectivity index (χ1) is 14.5. The Balaban J connectivity index is 1.50. The maximum absolute atomic E-state index is 12.4. The van der Waals surface area contributed by atoms with Crippen molar-refractivity contribution in [3.8, 4) is 17.8 Å². The highest BCUT2D eigenvalue weighted by Gasteiger charge is 2.28. The van der Waals surface area contributed by atoms with E-state index in [2.05, 4.69) is 5.32 Å². The Kier molecular flexibility index (Phi) is 6.65. The van der Waals surface area contributed by atoms with Crippen molar-refractivity contribution < 1.29 is 19.1 Å². The van der Waals surface area contributed by atoms with Crippen molar-refractivity contribution in [3.05, 3.63) is 59.2 Å². The fraction of sp³-hybridized carbons (Fsp3) is 0.273. The largest absolute Gasteiger partial charge is 0.426 e. The van der Waals surface area contributed by atoms with E-state index in [0.717, 1.165) is 18.4 Å². The van der Waals surface area contributed by atoms with Crippen LogP contribution in [-0.2, 0) is 16.0 Å². The van der Waals surface area contributed by atoms with Crippen molar-refractivity contribution in [2.75, 3.05) is 0 Å². The number of nitrogens with one attached hydrogen (secondary N) is 2. The molecule has 30 heavy (non-hydrogen) atoms. The zero-order valence-corrected chi connectivity index (χ0v) is 16.3. The van der Waals surface area contributed by atoms with E-state index in [4.69, 9.17) is 25.9 Å². The summed E-state index contributed by atoms with van der Waals surface area (Å²) in [5.74, 6) is 0.0201. The molecular formula is C22H22N4O4. The number of benzene rings is 2. The SMILES string of the molecule is N#COc1ccc2c(c1)OC(=O)CC2NC(=O)CCCCc1ccc(C(=N)N)cc1. The van der Waals surface area contributed by atoms with Crippen LogP contribution in [0.2, 0.25) is 0 Å². The van der Waals surface area contributed by atoms with Crippen LogP contribution in [0.4, 0.5) is 0 Å². The number of hydrogen-bond donors (Lipinski definition) is 3. The fourth-order valence-corrected chi connectivity index (χ4v) is 3.31. The third-order valence-corrected chi connectivity index (χ3v) is 4.84. The number of aryl methyl sites for hydroxylation is 1. The number of amides is 1. The van der Waals surface area contributed by atoms with Gasteiger partial charge in [-0.3, -0.25) is 15.0 Å². The Hall–Kier alpha value is -3.86. The monoisotopic (exact) mass is 406 g/mol. The Morgan fingerprint density at radius 1 is 1.27 bits per heavy atom. The van der Waals surface area contributed by atoms with Crippen LogP contribution in [0.3, 0.4) is 0 Å². The number of nitrogen functional groups attached to an aromatic ring is 1. The molecule has 2 aromatic rings. The first-order valence-electron chi connectivity index (χ1n) is 9.59. The van der Waals surface area contributed by atoms with E-state index >= 15 is 0 Å². The molecule has 1 atom stereocenters. The quantitative estimate of drug-likeness (QED) is 0.154. The number of unbranched alkanes of at least 4 members (excludes halogenated alkanes) is 1. The normalized spacial score (nSPS) is 14.8. The van der Waals surface area contributed by atoms with Crippen molar-refractivity contribution in [2.24, 2.45) is 5.73 Å². The molecule has 0 saturated heterocycles. The summed E-state index contributed by atoms with van der Waals surface area (Å²) in [7, 11) is 0. The van der Waals surface area contributed by atoms with Crippen LogP contribution in [0.5, 0.6) is 11.5 Å². The lowest BCUT2D eigenvalue weighted by Crippen LogP contribution is -2.34. The van der Waals surface area contributed by atoms with E-state index in [1.807, 2.05) is 24.3 Å². The lowest BCUT2D eigenvalue weighted by Gasteiger charge is -2.25. The van der Waals surface area contributed by atoms with Gasteiger partial charge in [-0.05, 0) is 37.0 Å². The molecule has 154 valence electrons. The molecular weight excluding hydrogens is 384 g/mol. The Morgan fingerprint density at radius 2 is 2.03 bits per heavy atom. The number of ether oxygens (including phenoxy) is 2. The molecule has 0 spiro atoms. The molecule has 0 radical (unpaired) electrons. The van der Waals surface area contributed by atoms with Crippen molar-refractivity contribution in [1.82, 2.24) is 5.32 Å². The summed E-state index contributed by atoms with van der Waals surface area (Å²) < 4.78 is 9.95. The summed E-state index contributed by atoms with van der Waals surface area (Å²) in [4.78, 5) is 24.2. The summed E-state index contributed by atoms with van der Waals surface area (Å²) in [6.45, 7) is 0. The maximum Gasteiger partial charge on any atom is 0.313 e. The minimum atomic E-state index is -0.469. The highest BCUT2D eigenvalue weighted by atomic mass is 16.5. The maximum atomic E-state index is 12.4. The summed E-state index contributed by atoms with van der Waals surface area (Å²) in [6, 6.07) is 11.8. The smallest absolute Gasteiger partial charge is 0.313 e. The highest BCUT2D eigenvalue weighted by Crippen LogP contribution is 2.35. The molecule has 0 bridgehead atoms. The standard InChI is InChI=1S/C22H22N4O4/c23-13-29-16-9-10-17-18(12-21(28)30-19(17)11-16)26-20(27)4-2-1-3-14-5-7-15(8-6-14)22(24)25/h5-11,18H,1-4,12H2,(H3,24,25)(H,26,27). The van der Waals surface area contributed by atoms with E-state index in [1.54, 1.807) is 18.4 Å². The van der Waals surface area contributed by atoms with Crippen molar-refractivity contribution in [3.63, 3.8) is 0 Å². The zero-order valence-electron chi connectivity index (χ0n) is 16.3. The second kappa shape index (κ2) is 9.56. The van der Waals surface area contributed by atoms with E-state index < -0.39 is 12.0 Å². The van der Waals surface area contributed by atoms with Gasteiger partial charge >= 0.3 is 5.97 Å². The third-order valence-electron chi connectivity index (χ3n) is 4.84. The van der Waals surface area contributed by atoms with Crippen molar-refractivity contribution >= 4 is 17.7 Å². The minimum Gasteiger partial charge on any atom is -0.426 e. The number of fused-ring (bicyclic) bond motifs is 1. The molecule has 1 heterocycles. The van der Waals surface area contributed by atoms with Crippen LogP contribution < -0.4 is 20.5 Å². The molecule has 1 amide bonds. The van der Waals surface area contributed by atoms with Gasteiger partial charge in [0.1, 0.15) is 17.3 Å².